The van der Waals surface area contributed by atoms with Crippen molar-refractivity contribution in [2.45, 2.75) is 44.4 Å². The van der Waals surface area contributed by atoms with E-state index >= 15 is 0 Å². The summed E-state index contributed by atoms with van der Waals surface area (Å²) in [6, 6.07) is 12.0. The molecule has 0 bridgehead atoms. The van der Waals surface area contributed by atoms with Crippen LogP contribution in [0.15, 0.2) is 36.4 Å². The SMILES string of the molecule is CC(C(N)=O)(c1ccc2ccccc2n1)C1CCCCC1. The highest BCUT2D eigenvalue weighted by atomic mass is 16.1. The van der Waals surface area contributed by atoms with Gasteiger partial charge in [0, 0.05) is 5.39 Å². The summed E-state index contributed by atoms with van der Waals surface area (Å²) in [5, 5.41) is 1.09. The van der Waals surface area contributed by atoms with Crippen molar-refractivity contribution >= 4 is 16.8 Å². The van der Waals surface area contributed by atoms with Crippen LogP contribution in [0.2, 0.25) is 0 Å². The fourth-order valence-corrected chi connectivity index (χ4v) is 3.57. The topological polar surface area (TPSA) is 56.0 Å². The van der Waals surface area contributed by atoms with Crippen LogP contribution < -0.4 is 5.73 Å². The first-order valence-corrected chi connectivity index (χ1v) is 7.78. The van der Waals surface area contributed by atoms with E-state index in [2.05, 4.69) is 0 Å². The number of fused-ring (bicyclic) bond motifs is 1. The molecule has 1 aromatic heterocycles. The minimum absolute atomic E-state index is 0.253. The predicted octanol–water partition coefficient (Wildman–Crippen LogP) is 3.56. The number of pyridine rings is 1. The molecule has 1 fully saturated rings. The van der Waals surface area contributed by atoms with Gasteiger partial charge >= 0.3 is 0 Å². The van der Waals surface area contributed by atoms with E-state index in [0.29, 0.717) is 5.92 Å². The van der Waals surface area contributed by atoms with Crippen LogP contribution in [-0.2, 0) is 10.2 Å². The van der Waals surface area contributed by atoms with Crippen molar-refractivity contribution < 1.29 is 4.79 Å². The number of hydrogen-bond acceptors (Lipinski definition) is 2. The van der Waals surface area contributed by atoms with Crippen LogP contribution >= 0.6 is 0 Å². The van der Waals surface area contributed by atoms with Gasteiger partial charge in [0.15, 0.2) is 0 Å². The second-order valence-corrected chi connectivity index (χ2v) is 6.29. The maximum atomic E-state index is 12.2. The molecule has 3 rings (SSSR count). The summed E-state index contributed by atoms with van der Waals surface area (Å²) >= 11 is 0. The molecular formula is C18H22N2O. The van der Waals surface area contributed by atoms with Crippen molar-refractivity contribution in [2.24, 2.45) is 11.7 Å². The van der Waals surface area contributed by atoms with Gasteiger partial charge in [0.25, 0.3) is 0 Å². The average Bonchev–Trinajstić information content (AvgIpc) is 2.54. The number of primary amides is 1. The lowest BCUT2D eigenvalue weighted by Crippen LogP contribution is -2.46. The van der Waals surface area contributed by atoms with Crippen molar-refractivity contribution in [2.75, 3.05) is 0 Å². The molecule has 0 saturated heterocycles. The molecule has 21 heavy (non-hydrogen) atoms. The number of rotatable bonds is 3. The van der Waals surface area contributed by atoms with Crippen LogP contribution in [0.25, 0.3) is 10.9 Å². The summed E-state index contributed by atoms with van der Waals surface area (Å²) in [6.07, 6.45) is 5.75. The van der Waals surface area contributed by atoms with Crippen molar-refractivity contribution in [3.05, 3.63) is 42.1 Å². The minimum Gasteiger partial charge on any atom is -0.369 e. The Balaban J connectivity index is 2.07. The first-order valence-electron chi connectivity index (χ1n) is 7.78. The highest BCUT2D eigenvalue weighted by Crippen LogP contribution is 2.40. The maximum Gasteiger partial charge on any atom is 0.229 e. The number of nitrogens with zero attached hydrogens (tertiary/aromatic N) is 1. The Morgan fingerprint density at radius 3 is 2.57 bits per heavy atom. The molecular weight excluding hydrogens is 260 g/mol. The molecule has 1 aliphatic rings. The summed E-state index contributed by atoms with van der Waals surface area (Å²) in [5.41, 5.74) is 6.89. The fraction of sp³-hybridized carbons (Fsp3) is 0.444. The Morgan fingerprint density at radius 1 is 1.14 bits per heavy atom. The third kappa shape index (κ3) is 2.41. The van der Waals surface area contributed by atoms with Crippen LogP contribution in [0, 0.1) is 5.92 Å². The van der Waals surface area contributed by atoms with Gasteiger partial charge in [-0.3, -0.25) is 9.78 Å². The molecule has 110 valence electrons. The molecule has 1 saturated carbocycles. The Bertz CT molecular complexity index is 661. The molecule has 1 aromatic carbocycles. The van der Waals surface area contributed by atoms with Gasteiger partial charge < -0.3 is 5.73 Å². The summed E-state index contributed by atoms with van der Waals surface area (Å²) < 4.78 is 0. The lowest BCUT2D eigenvalue weighted by atomic mass is 9.67. The molecule has 2 N–H and O–H groups in total. The Hall–Kier alpha value is -1.90. The van der Waals surface area contributed by atoms with E-state index in [4.69, 9.17) is 10.7 Å². The number of benzene rings is 1. The summed E-state index contributed by atoms with van der Waals surface area (Å²) in [4.78, 5) is 17.0. The average molecular weight is 282 g/mol. The van der Waals surface area contributed by atoms with E-state index in [0.717, 1.165) is 29.4 Å². The zero-order valence-corrected chi connectivity index (χ0v) is 12.5. The molecule has 1 heterocycles. The monoisotopic (exact) mass is 282 g/mol. The Labute approximate surface area is 125 Å². The number of nitrogens with two attached hydrogens (primary N) is 1. The second-order valence-electron chi connectivity index (χ2n) is 6.29. The van der Waals surface area contributed by atoms with E-state index in [1.54, 1.807) is 0 Å². The summed E-state index contributed by atoms with van der Waals surface area (Å²) in [5.74, 6) is 0.0505. The van der Waals surface area contributed by atoms with Crippen LogP contribution in [-0.4, -0.2) is 10.9 Å². The van der Waals surface area contributed by atoms with Gasteiger partial charge in [-0.2, -0.15) is 0 Å². The van der Waals surface area contributed by atoms with Gasteiger partial charge in [-0.25, -0.2) is 0 Å². The first kappa shape index (κ1) is 14.1. The van der Waals surface area contributed by atoms with Gasteiger partial charge in [-0.1, -0.05) is 43.5 Å². The van der Waals surface area contributed by atoms with Crippen molar-refractivity contribution in [1.82, 2.24) is 4.98 Å². The predicted molar refractivity (Wildman–Crippen MR) is 84.9 cm³/mol. The van der Waals surface area contributed by atoms with Crippen molar-refractivity contribution in [1.29, 1.82) is 0 Å². The third-order valence-electron chi connectivity index (χ3n) is 5.06. The molecule has 1 amide bonds. The fourth-order valence-electron chi connectivity index (χ4n) is 3.57. The Morgan fingerprint density at radius 2 is 1.86 bits per heavy atom. The quantitative estimate of drug-likeness (QED) is 0.935. The Kier molecular flexibility index (Phi) is 3.66. The van der Waals surface area contributed by atoms with Crippen LogP contribution in [0.1, 0.15) is 44.7 Å². The van der Waals surface area contributed by atoms with Gasteiger partial charge in [0.2, 0.25) is 5.91 Å². The van der Waals surface area contributed by atoms with E-state index < -0.39 is 5.41 Å². The number of para-hydroxylation sites is 1. The molecule has 1 aliphatic carbocycles. The van der Waals surface area contributed by atoms with Crippen molar-refractivity contribution in [3.63, 3.8) is 0 Å². The molecule has 0 spiro atoms. The highest BCUT2D eigenvalue weighted by molar-refractivity contribution is 5.87. The second kappa shape index (κ2) is 5.47. The van der Waals surface area contributed by atoms with E-state index in [1.807, 2.05) is 43.3 Å². The van der Waals surface area contributed by atoms with Gasteiger partial charge in [0.1, 0.15) is 0 Å². The number of carbonyl (C=O) groups excluding carboxylic acids is 1. The highest BCUT2D eigenvalue weighted by Gasteiger charge is 2.42. The zero-order valence-electron chi connectivity index (χ0n) is 12.5. The van der Waals surface area contributed by atoms with Gasteiger partial charge in [-0.15, -0.1) is 0 Å². The third-order valence-corrected chi connectivity index (χ3v) is 5.06. The van der Waals surface area contributed by atoms with Crippen LogP contribution in [0.4, 0.5) is 0 Å². The summed E-state index contributed by atoms with van der Waals surface area (Å²) in [6.45, 7) is 1.97. The van der Waals surface area contributed by atoms with Gasteiger partial charge in [-0.05, 0) is 37.8 Å². The lowest BCUT2D eigenvalue weighted by molar-refractivity contribution is -0.125. The molecule has 2 aromatic rings. The smallest absolute Gasteiger partial charge is 0.229 e. The maximum absolute atomic E-state index is 12.2. The number of aromatic nitrogens is 1. The molecule has 3 nitrogen and oxygen atoms in total. The first-order chi connectivity index (χ1) is 10.1. The number of hydrogen-bond donors (Lipinski definition) is 1. The van der Waals surface area contributed by atoms with Gasteiger partial charge in [0.05, 0.1) is 16.6 Å². The molecule has 1 unspecified atom stereocenters. The van der Waals surface area contributed by atoms with Crippen LogP contribution in [0.5, 0.6) is 0 Å². The normalized spacial score (nSPS) is 19.3. The van der Waals surface area contributed by atoms with E-state index in [1.165, 1.54) is 19.3 Å². The van der Waals surface area contributed by atoms with E-state index in [-0.39, 0.29) is 5.91 Å². The molecule has 0 radical (unpaired) electrons. The minimum atomic E-state index is -0.662. The van der Waals surface area contributed by atoms with Crippen molar-refractivity contribution in [3.8, 4) is 0 Å². The molecule has 0 aliphatic heterocycles. The standard InChI is InChI=1S/C18H22N2O/c1-18(17(19)21,14-8-3-2-4-9-14)16-12-11-13-7-5-6-10-15(13)20-16/h5-7,10-12,14H,2-4,8-9H2,1H3,(H2,19,21). The molecule has 1 atom stereocenters. The molecule has 3 heteroatoms. The van der Waals surface area contributed by atoms with E-state index in [9.17, 15) is 4.79 Å². The zero-order chi connectivity index (χ0) is 14.9. The summed E-state index contributed by atoms with van der Waals surface area (Å²) in [7, 11) is 0. The largest absolute Gasteiger partial charge is 0.369 e. The van der Waals surface area contributed by atoms with Crippen LogP contribution in [0.3, 0.4) is 0 Å². The lowest BCUT2D eigenvalue weighted by Gasteiger charge is -2.37. The number of amides is 1. The number of carbonyl (C=O) groups is 1.